The van der Waals surface area contributed by atoms with Gasteiger partial charge in [-0.25, -0.2) is 4.79 Å². The Morgan fingerprint density at radius 2 is 2.47 bits per heavy atom. The number of carbonyl (C=O) groups excluding carboxylic acids is 1. The number of nitrogens with one attached hydrogen (secondary N) is 1. The van der Waals surface area contributed by atoms with Crippen molar-refractivity contribution in [2.24, 2.45) is 5.73 Å². The molecule has 5 heteroatoms. The number of aromatic nitrogens is 1. The van der Waals surface area contributed by atoms with Gasteiger partial charge in [-0.3, -0.25) is 4.98 Å². The molecule has 1 rings (SSSR count). The van der Waals surface area contributed by atoms with Crippen LogP contribution in [0.3, 0.4) is 0 Å². The van der Waals surface area contributed by atoms with Crippen LogP contribution in [-0.2, 0) is 11.3 Å². The molecule has 0 saturated heterocycles. The van der Waals surface area contributed by atoms with E-state index in [9.17, 15) is 4.79 Å². The van der Waals surface area contributed by atoms with Crippen LogP contribution >= 0.6 is 0 Å². The summed E-state index contributed by atoms with van der Waals surface area (Å²) in [6.45, 7) is 3.60. The molecule has 0 spiro atoms. The van der Waals surface area contributed by atoms with Crippen LogP contribution < -0.4 is 11.1 Å². The van der Waals surface area contributed by atoms with Crippen molar-refractivity contribution in [3.63, 3.8) is 0 Å². The Morgan fingerprint density at radius 1 is 1.67 bits per heavy atom. The van der Waals surface area contributed by atoms with Crippen molar-refractivity contribution in [2.75, 3.05) is 13.2 Å². The molecule has 1 aromatic heterocycles. The van der Waals surface area contributed by atoms with Gasteiger partial charge in [0, 0.05) is 25.5 Å². The summed E-state index contributed by atoms with van der Waals surface area (Å²) < 4.78 is 4.57. The Balaban J connectivity index is 2.21. The average Bonchev–Trinajstić information content (AvgIpc) is 2.20. The molecular formula is C10H15N3O2. The molecule has 0 bridgehead atoms. The van der Waals surface area contributed by atoms with E-state index in [1.54, 1.807) is 6.20 Å². The fourth-order valence-electron chi connectivity index (χ4n) is 1.13. The van der Waals surface area contributed by atoms with Crippen LogP contribution in [-0.4, -0.2) is 24.2 Å². The van der Waals surface area contributed by atoms with Crippen molar-refractivity contribution < 1.29 is 9.53 Å². The second-order valence-electron chi connectivity index (χ2n) is 3.15. The molecule has 82 valence electrons. The first-order valence-corrected chi connectivity index (χ1v) is 4.72. The molecule has 3 N–H and O–H groups in total. The number of hydrogen-bond acceptors (Lipinski definition) is 4. The summed E-state index contributed by atoms with van der Waals surface area (Å²) in [7, 11) is 0. The molecule has 1 heterocycles. The molecule has 1 amide bonds. The SMILES string of the molecule is Cc1ccncc1CNCCOC(N)=O. The highest BCUT2D eigenvalue weighted by atomic mass is 16.5. The van der Waals surface area contributed by atoms with Crippen LogP contribution in [0.5, 0.6) is 0 Å². The summed E-state index contributed by atoms with van der Waals surface area (Å²) in [6.07, 6.45) is 2.83. The quantitative estimate of drug-likeness (QED) is 0.695. The van der Waals surface area contributed by atoms with Crippen LogP contribution in [0, 0.1) is 6.92 Å². The molecule has 0 atom stereocenters. The Bertz CT molecular complexity index is 328. The summed E-state index contributed by atoms with van der Waals surface area (Å²) in [6, 6.07) is 1.96. The van der Waals surface area contributed by atoms with Gasteiger partial charge in [-0.05, 0) is 24.1 Å². The number of carbonyl (C=O) groups is 1. The third kappa shape index (κ3) is 4.42. The molecule has 0 unspecified atom stereocenters. The molecule has 5 nitrogen and oxygen atoms in total. The lowest BCUT2D eigenvalue weighted by molar-refractivity contribution is 0.157. The normalized spacial score (nSPS) is 9.93. The first-order valence-electron chi connectivity index (χ1n) is 4.72. The van der Waals surface area contributed by atoms with Gasteiger partial charge in [-0.1, -0.05) is 0 Å². The van der Waals surface area contributed by atoms with Gasteiger partial charge < -0.3 is 15.8 Å². The maximum Gasteiger partial charge on any atom is 0.404 e. The standard InChI is InChI=1S/C10H15N3O2/c1-8-2-3-12-6-9(8)7-13-4-5-15-10(11)14/h2-3,6,13H,4-5,7H2,1H3,(H2,11,14). The number of primary amides is 1. The van der Waals surface area contributed by atoms with E-state index in [2.05, 4.69) is 15.0 Å². The third-order valence-corrected chi connectivity index (χ3v) is 1.99. The lowest BCUT2D eigenvalue weighted by Crippen LogP contribution is -2.23. The van der Waals surface area contributed by atoms with Crippen molar-refractivity contribution in [1.29, 1.82) is 0 Å². The summed E-state index contributed by atoms with van der Waals surface area (Å²) in [5.74, 6) is 0. The number of nitrogens with zero attached hydrogens (tertiary/aromatic N) is 1. The summed E-state index contributed by atoms with van der Waals surface area (Å²) in [4.78, 5) is 14.3. The van der Waals surface area contributed by atoms with Gasteiger partial charge in [0.05, 0.1) is 0 Å². The number of rotatable bonds is 5. The largest absolute Gasteiger partial charge is 0.448 e. The Labute approximate surface area is 88.6 Å². The monoisotopic (exact) mass is 209 g/mol. The molecule has 0 aromatic carbocycles. The molecule has 0 aliphatic heterocycles. The van der Waals surface area contributed by atoms with Crippen LogP contribution in [0.4, 0.5) is 4.79 Å². The zero-order valence-corrected chi connectivity index (χ0v) is 8.69. The van der Waals surface area contributed by atoms with Crippen LogP contribution in [0.1, 0.15) is 11.1 Å². The van der Waals surface area contributed by atoms with Gasteiger partial charge in [0.1, 0.15) is 6.61 Å². The average molecular weight is 209 g/mol. The fraction of sp³-hybridized carbons (Fsp3) is 0.400. The number of pyridine rings is 1. The van der Waals surface area contributed by atoms with E-state index in [-0.39, 0.29) is 6.61 Å². The molecule has 0 fully saturated rings. The third-order valence-electron chi connectivity index (χ3n) is 1.99. The van der Waals surface area contributed by atoms with Crippen molar-refractivity contribution >= 4 is 6.09 Å². The number of aryl methyl sites for hydroxylation is 1. The minimum Gasteiger partial charge on any atom is -0.448 e. The van der Waals surface area contributed by atoms with Crippen LogP contribution in [0.25, 0.3) is 0 Å². The van der Waals surface area contributed by atoms with Gasteiger partial charge in [0.25, 0.3) is 0 Å². The van der Waals surface area contributed by atoms with Gasteiger partial charge >= 0.3 is 6.09 Å². The van der Waals surface area contributed by atoms with Crippen molar-refractivity contribution in [1.82, 2.24) is 10.3 Å². The molecule has 0 aliphatic rings. The molecule has 0 saturated carbocycles. The van der Waals surface area contributed by atoms with Crippen LogP contribution in [0.2, 0.25) is 0 Å². The second-order valence-corrected chi connectivity index (χ2v) is 3.15. The number of hydrogen-bond donors (Lipinski definition) is 2. The van der Waals surface area contributed by atoms with Crippen molar-refractivity contribution in [3.8, 4) is 0 Å². The lowest BCUT2D eigenvalue weighted by Gasteiger charge is -2.06. The zero-order valence-electron chi connectivity index (χ0n) is 8.69. The molecular weight excluding hydrogens is 194 g/mol. The minimum absolute atomic E-state index is 0.286. The van der Waals surface area contributed by atoms with Gasteiger partial charge in [0.15, 0.2) is 0 Å². The maximum atomic E-state index is 10.2. The highest BCUT2D eigenvalue weighted by Gasteiger charge is 1.97. The van der Waals surface area contributed by atoms with E-state index in [0.717, 1.165) is 5.56 Å². The Kier molecular flexibility index (Phi) is 4.56. The van der Waals surface area contributed by atoms with Gasteiger partial charge in [-0.15, -0.1) is 0 Å². The van der Waals surface area contributed by atoms with E-state index >= 15 is 0 Å². The lowest BCUT2D eigenvalue weighted by atomic mass is 10.2. The predicted molar refractivity (Wildman–Crippen MR) is 56.2 cm³/mol. The van der Waals surface area contributed by atoms with E-state index in [1.807, 2.05) is 19.2 Å². The Hall–Kier alpha value is -1.62. The first-order chi connectivity index (χ1) is 7.20. The predicted octanol–water partition coefficient (Wildman–Crippen LogP) is 0.575. The zero-order chi connectivity index (χ0) is 11.1. The fourth-order valence-corrected chi connectivity index (χ4v) is 1.13. The van der Waals surface area contributed by atoms with Crippen molar-refractivity contribution in [3.05, 3.63) is 29.6 Å². The topological polar surface area (TPSA) is 77.2 Å². The molecule has 0 aliphatic carbocycles. The highest BCUT2D eigenvalue weighted by molar-refractivity contribution is 5.64. The number of amides is 1. The maximum absolute atomic E-state index is 10.2. The van der Waals surface area contributed by atoms with Crippen LogP contribution in [0.15, 0.2) is 18.5 Å². The summed E-state index contributed by atoms with van der Waals surface area (Å²) in [5.41, 5.74) is 7.13. The second kappa shape index (κ2) is 5.98. The highest BCUT2D eigenvalue weighted by Crippen LogP contribution is 2.03. The Morgan fingerprint density at radius 3 is 3.13 bits per heavy atom. The number of ether oxygens (including phenoxy) is 1. The van der Waals surface area contributed by atoms with Gasteiger partial charge in [0.2, 0.25) is 0 Å². The molecule has 0 radical (unpaired) electrons. The van der Waals surface area contributed by atoms with E-state index in [1.165, 1.54) is 5.56 Å². The van der Waals surface area contributed by atoms with E-state index in [0.29, 0.717) is 13.1 Å². The summed E-state index contributed by atoms with van der Waals surface area (Å²) >= 11 is 0. The molecule has 15 heavy (non-hydrogen) atoms. The minimum atomic E-state index is -0.741. The smallest absolute Gasteiger partial charge is 0.404 e. The van der Waals surface area contributed by atoms with Gasteiger partial charge in [-0.2, -0.15) is 0 Å². The van der Waals surface area contributed by atoms with E-state index in [4.69, 9.17) is 5.73 Å². The first kappa shape index (κ1) is 11.5. The van der Waals surface area contributed by atoms with Crippen molar-refractivity contribution in [2.45, 2.75) is 13.5 Å². The summed E-state index contributed by atoms with van der Waals surface area (Å²) in [5, 5.41) is 3.13. The number of nitrogens with two attached hydrogens (primary N) is 1. The van der Waals surface area contributed by atoms with E-state index < -0.39 is 6.09 Å². The molecule has 1 aromatic rings.